The van der Waals surface area contributed by atoms with Gasteiger partial charge in [-0.1, -0.05) is 11.6 Å². The van der Waals surface area contributed by atoms with Gasteiger partial charge in [0.15, 0.2) is 0 Å². The number of aliphatic imine (C=N–C) groups is 1. The maximum absolute atomic E-state index is 5.53. The summed E-state index contributed by atoms with van der Waals surface area (Å²) in [5, 5.41) is 0.763. The van der Waals surface area contributed by atoms with Crippen LogP contribution in [0.2, 0.25) is 0 Å². The number of rotatable bonds is 2. The molecule has 0 aliphatic rings. The normalized spacial score (nSPS) is 13.7. The minimum atomic E-state index is 0.359. The molecule has 1 nitrogen and oxygen atoms in total. The predicted molar refractivity (Wildman–Crippen MR) is 43.2 cm³/mol. The van der Waals surface area contributed by atoms with Crippen molar-refractivity contribution in [2.75, 3.05) is 0 Å². The lowest BCUT2D eigenvalue weighted by molar-refractivity contribution is 0.842. The Bertz CT molecular complexity index is 121. The predicted octanol–water partition coefficient (Wildman–Crippen LogP) is 2.61. The molecule has 0 spiro atoms. The van der Waals surface area contributed by atoms with Gasteiger partial charge in [-0.3, -0.25) is 4.99 Å². The van der Waals surface area contributed by atoms with E-state index in [4.69, 9.17) is 11.6 Å². The molecule has 0 atom stereocenters. The Morgan fingerprint density at radius 3 is 2.44 bits per heavy atom. The van der Waals surface area contributed by atoms with Crippen molar-refractivity contribution in [2.45, 2.75) is 26.8 Å². The Hall–Kier alpha value is -0.300. The van der Waals surface area contributed by atoms with E-state index in [0.29, 0.717) is 6.04 Å². The van der Waals surface area contributed by atoms with Crippen molar-refractivity contribution in [1.29, 1.82) is 0 Å². The average molecular weight is 146 g/mol. The molecule has 52 valence electrons. The number of halogens is 1. The molecular weight excluding hydrogens is 134 g/mol. The summed E-state index contributed by atoms with van der Waals surface area (Å²) in [6, 6.07) is 0.359. The van der Waals surface area contributed by atoms with E-state index in [9.17, 15) is 0 Å². The fourth-order valence-corrected chi connectivity index (χ4v) is 0.374. The summed E-state index contributed by atoms with van der Waals surface area (Å²) in [4.78, 5) is 4.08. The van der Waals surface area contributed by atoms with Gasteiger partial charge in [0.25, 0.3) is 0 Å². The minimum absolute atomic E-state index is 0.359. The maximum Gasteiger partial charge on any atom is 0.0443 e. The van der Waals surface area contributed by atoms with E-state index in [-0.39, 0.29) is 0 Å². The van der Waals surface area contributed by atoms with Crippen LogP contribution in [0.1, 0.15) is 20.8 Å². The van der Waals surface area contributed by atoms with Crippen LogP contribution in [-0.4, -0.2) is 12.3 Å². The van der Waals surface area contributed by atoms with Crippen molar-refractivity contribution in [1.82, 2.24) is 0 Å². The lowest BCUT2D eigenvalue weighted by Crippen LogP contribution is -1.86. The van der Waals surface area contributed by atoms with Crippen molar-refractivity contribution in [2.24, 2.45) is 4.99 Å². The third-order valence-corrected chi connectivity index (χ3v) is 0.814. The molecule has 0 radical (unpaired) electrons. The fraction of sp³-hybridized carbons (Fsp3) is 0.571. The van der Waals surface area contributed by atoms with E-state index in [1.807, 2.05) is 20.8 Å². The highest BCUT2D eigenvalue weighted by atomic mass is 35.5. The molecule has 0 aromatic carbocycles. The van der Waals surface area contributed by atoms with Crippen LogP contribution in [-0.2, 0) is 0 Å². The highest BCUT2D eigenvalue weighted by molar-refractivity contribution is 6.30. The molecular formula is C7H12ClN. The smallest absolute Gasteiger partial charge is 0.0443 e. The fourth-order valence-electron chi connectivity index (χ4n) is 0.318. The van der Waals surface area contributed by atoms with Gasteiger partial charge in [-0.2, -0.15) is 0 Å². The molecule has 2 heteroatoms. The van der Waals surface area contributed by atoms with Crippen molar-refractivity contribution >= 4 is 17.8 Å². The van der Waals surface area contributed by atoms with Crippen LogP contribution in [0.15, 0.2) is 16.1 Å². The summed E-state index contributed by atoms with van der Waals surface area (Å²) >= 11 is 5.53. The first kappa shape index (κ1) is 8.70. The molecule has 9 heavy (non-hydrogen) atoms. The first-order chi connectivity index (χ1) is 4.13. The third kappa shape index (κ3) is 7.70. The summed E-state index contributed by atoms with van der Waals surface area (Å²) in [7, 11) is 0. The Morgan fingerprint density at radius 1 is 1.56 bits per heavy atom. The molecule has 0 aliphatic carbocycles. The maximum atomic E-state index is 5.53. The standard InChI is InChI=1S/C7H12ClN/c1-6(2)9-5-4-7(3)8/h4-6H,1-3H3/b7-4+,9-5?. The molecule has 0 aliphatic heterocycles. The number of allylic oxidation sites excluding steroid dienone is 2. The van der Waals surface area contributed by atoms with Crippen LogP contribution in [0, 0.1) is 0 Å². The number of hydrogen-bond acceptors (Lipinski definition) is 1. The molecule has 0 N–H and O–H groups in total. The van der Waals surface area contributed by atoms with Crippen LogP contribution in [0.25, 0.3) is 0 Å². The Labute approximate surface area is 61.4 Å². The Kier molecular flexibility index (Phi) is 4.41. The summed E-state index contributed by atoms with van der Waals surface area (Å²) in [6.07, 6.45) is 3.51. The van der Waals surface area contributed by atoms with E-state index >= 15 is 0 Å². The Balaban J connectivity index is 3.60. The molecule has 0 aromatic rings. The van der Waals surface area contributed by atoms with Crippen molar-refractivity contribution in [3.63, 3.8) is 0 Å². The molecule has 0 heterocycles. The minimum Gasteiger partial charge on any atom is -0.290 e. The van der Waals surface area contributed by atoms with Gasteiger partial charge in [-0.25, -0.2) is 0 Å². The van der Waals surface area contributed by atoms with Gasteiger partial charge in [0.05, 0.1) is 0 Å². The van der Waals surface area contributed by atoms with Crippen LogP contribution in [0.4, 0.5) is 0 Å². The topological polar surface area (TPSA) is 12.4 Å². The molecule has 0 rings (SSSR count). The second-order valence-corrected chi connectivity index (χ2v) is 2.74. The number of nitrogens with zero attached hydrogens (tertiary/aromatic N) is 1. The molecule has 0 saturated heterocycles. The van der Waals surface area contributed by atoms with Gasteiger partial charge in [0, 0.05) is 17.3 Å². The van der Waals surface area contributed by atoms with E-state index < -0.39 is 0 Å². The second-order valence-electron chi connectivity index (χ2n) is 2.15. The van der Waals surface area contributed by atoms with Gasteiger partial charge in [0.1, 0.15) is 0 Å². The van der Waals surface area contributed by atoms with Gasteiger partial charge in [-0.15, -0.1) is 0 Å². The third-order valence-electron chi connectivity index (χ3n) is 0.688. The van der Waals surface area contributed by atoms with E-state index in [2.05, 4.69) is 4.99 Å². The highest BCUT2D eigenvalue weighted by Gasteiger charge is 1.80. The van der Waals surface area contributed by atoms with Crippen LogP contribution in [0.5, 0.6) is 0 Å². The lowest BCUT2D eigenvalue weighted by Gasteiger charge is -1.89. The highest BCUT2D eigenvalue weighted by Crippen LogP contribution is 1.95. The van der Waals surface area contributed by atoms with E-state index in [0.717, 1.165) is 5.03 Å². The first-order valence-electron chi connectivity index (χ1n) is 2.98. The lowest BCUT2D eigenvalue weighted by atomic mass is 10.4. The molecule has 0 saturated carbocycles. The summed E-state index contributed by atoms with van der Waals surface area (Å²) in [6.45, 7) is 5.87. The summed E-state index contributed by atoms with van der Waals surface area (Å²) in [5.41, 5.74) is 0. The van der Waals surface area contributed by atoms with Crippen molar-refractivity contribution < 1.29 is 0 Å². The average Bonchev–Trinajstić information content (AvgIpc) is 1.63. The SMILES string of the molecule is C/C(Cl)=C\C=NC(C)C. The van der Waals surface area contributed by atoms with Gasteiger partial charge in [-0.05, 0) is 26.8 Å². The molecule has 0 bridgehead atoms. The van der Waals surface area contributed by atoms with Crippen LogP contribution in [0.3, 0.4) is 0 Å². The Morgan fingerprint density at radius 2 is 2.11 bits per heavy atom. The van der Waals surface area contributed by atoms with E-state index in [1.165, 1.54) is 0 Å². The summed E-state index contributed by atoms with van der Waals surface area (Å²) < 4.78 is 0. The zero-order valence-electron chi connectivity index (χ0n) is 6.06. The van der Waals surface area contributed by atoms with Crippen molar-refractivity contribution in [3.8, 4) is 0 Å². The molecule has 0 amide bonds. The second kappa shape index (κ2) is 4.57. The zero-order chi connectivity index (χ0) is 7.28. The van der Waals surface area contributed by atoms with Gasteiger partial charge >= 0.3 is 0 Å². The van der Waals surface area contributed by atoms with Crippen LogP contribution >= 0.6 is 11.6 Å². The first-order valence-corrected chi connectivity index (χ1v) is 3.36. The van der Waals surface area contributed by atoms with Crippen molar-refractivity contribution in [3.05, 3.63) is 11.1 Å². The quantitative estimate of drug-likeness (QED) is 0.530. The molecule has 0 unspecified atom stereocenters. The molecule has 0 aromatic heterocycles. The largest absolute Gasteiger partial charge is 0.290 e. The summed E-state index contributed by atoms with van der Waals surface area (Å²) in [5.74, 6) is 0. The zero-order valence-corrected chi connectivity index (χ0v) is 6.81. The molecule has 0 fully saturated rings. The monoisotopic (exact) mass is 145 g/mol. The van der Waals surface area contributed by atoms with E-state index in [1.54, 1.807) is 12.3 Å². The van der Waals surface area contributed by atoms with Gasteiger partial charge in [0.2, 0.25) is 0 Å². The van der Waals surface area contributed by atoms with Crippen LogP contribution < -0.4 is 0 Å². The number of hydrogen-bond donors (Lipinski definition) is 0. The van der Waals surface area contributed by atoms with Gasteiger partial charge < -0.3 is 0 Å².